The van der Waals surface area contributed by atoms with Gasteiger partial charge in [0.05, 0.1) is 19.4 Å². The smallest absolute Gasteiger partial charge is 0.119 e. The third kappa shape index (κ3) is 5.03. The van der Waals surface area contributed by atoms with E-state index in [1.165, 1.54) is 5.56 Å². The quantitative estimate of drug-likeness (QED) is 0.530. The molecule has 0 spiro atoms. The van der Waals surface area contributed by atoms with Gasteiger partial charge in [0.15, 0.2) is 0 Å². The van der Waals surface area contributed by atoms with Crippen LogP contribution in [0.1, 0.15) is 31.2 Å². The van der Waals surface area contributed by atoms with E-state index in [9.17, 15) is 0 Å². The minimum atomic E-state index is 0.630. The third-order valence-corrected chi connectivity index (χ3v) is 5.62. The van der Waals surface area contributed by atoms with Gasteiger partial charge in [0.1, 0.15) is 17.3 Å². The second kappa shape index (κ2) is 9.81. The van der Waals surface area contributed by atoms with Crippen LogP contribution in [0.3, 0.4) is 0 Å². The molecule has 0 radical (unpaired) electrons. The minimum Gasteiger partial charge on any atom is -0.497 e. The lowest BCUT2D eigenvalue weighted by Gasteiger charge is -2.23. The van der Waals surface area contributed by atoms with E-state index in [-0.39, 0.29) is 0 Å². The molecule has 1 aromatic heterocycles. The molecule has 0 aliphatic carbocycles. The van der Waals surface area contributed by atoms with E-state index in [0.717, 1.165) is 67.6 Å². The molecule has 0 unspecified atom stereocenters. The van der Waals surface area contributed by atoms with Crippen molar-refractivity contribution in [1.82, 2.24) is 9.55 Å². The second-order valence-electron chi connectivity index (χ2n) is 7.74. The molecular formula is C25H30N2O3. The van der Waals surface area contributed by atoms with Gasteiger partial charge in [-0.25, -0.2) is 4.98 Å². The van der Waals surface area contributed by atoms with Crippen LogP contribution < -0.4 is 9.47 Å². The number of aromatic nitrogens is 2. The summed E-state index contributed by atoms with van der Waals surface area (Å²) < 4.78 is 18.9. The van der Waals surface area contributed by atoms with Crippen LogP contribution in [0.5, 0.6) is 11.5 Å². The van der Waals surface area contributed by atoms with Gasteiger partial charge in [-0.3, -0.25) is 0 Å². The van der Waals surface area contributed by atoms with Crippen LogP contribution in [-0.2, 0) is 17.7 Å². The molecule has 3 aromatic rings. The summed E-state index contributed by atoms with van der Waals surface area (Å²) in [4.78, 5) is 5.02. The first-order valence-electron chi connectivity index (χ1n) is 10.7. The molecule has 0 N–H and O–H groups in total. The molecule has 5 heteroatoms. The van der Waals surface area contributed by atoms with E-state index in [0.29, 0.717) is 12.5 Å². The summed E-state index contributed by atoms with van der Waals surface area (Å²) in [6.07, 6.45) is 5.19. The van der Waals surface area contributed by atoms with Crippen LogP contribution in [0.25, 0.3) is 11.3 Å². The molecule has 0 amide bonds. The van der Waals surface area contributed by atoms with Crippen molar-refractivity contribution < 1.29 is 14.2 Å². The number of rotatable bonds is 8. The first-order valence-corrected chi connectivity index (χ1v) is 10.7. The standard InChI is InChI=1S/C25H30N2O3/c1-3-30-22-9-7-19(8-10-22)15-25-26-24(21-5-4-6-23(16-21)28-2)18-27(25)17-20-11-13-29-14-12-20/h4-10,16,18,20H,3,11-15,17H2,1-2H3. The SMILES string of the molecule is CCOc1ccc(Cc2nc(-c3cccc(OC)c3)cn2CC2CCOCC2)cc1. The Bertz CT molecular complexity index is 943. The van der Waals surface area contributed by atoms with Crippen molar-refractivity contribution in [2.24, 2.45) is 5.92 Å². The second-order valence-corrected chi connectivity index (χ2v) is 7.74. The largest absolute Gasteiger partial charge is 0.497 e. The molecule has 1 saturated heterocycles. The summed E-state index contributed by atoms with van der Waals surface area (Å²) in [7, 11) is 1.69. The van der Waals surface area contributed by atoms with Crippen LogP contribution in [0.15, 0.2) is 54.7 Å². The number of imidazole rings is 1. The van der Waals surface area contributed by atoms with Gasteiger partial charge >= 0.3 is 0 Å². The molecule has 1 fully saturated rings. The van der Waals surface area contributed by atoms with E-state index in [4.69, 9.17) is 19.2 Å². The van der Waals surface area contributed by atoms with Crippen molar-refractivity contribution in [3.8, 4) is 22.8 Å². The summed E-state index contributed by atoms with van der Waals surface area (Å²) in [5.41, 5.74) is 3.30. The van der Waals surface area contributed by atoms with Gasteiger partial charge in [0, 0.05) is 37.9 Å². The molecular weight excluding hydrogens is 376 g/mol. The molecule has 0 atom stereocenters. The number of hydrogen-bond donors (Lipinski definition) is 0. The predicted octanol–water partition coefficient (Wildman–Crippen LogP) is 4.97. The maximum atomic E-state index is 5.57. The highest BCUT2D eigenvalue weighted by atomic mass is 16.5. The monoisotopic (exact) mass is 406 g/mol. The van der Waals surface area contributed by atoms with E-state index in [1.807, 2.05) is 37.3 Å². The van der Waals surface area contributed by atoms with Gasteiger partial charge in [-0.2, -0.15) is 0 Å². The number of hydrogen-bond acceptors (Lipinski definition) is 4. The number of nitrogens with zero attached hydrogens (tertiary/aromatic N) is 2. The fraction of sp³-hybridized carbons (Fsp3) is 0.400. The summed E-state index contributed by atoms with van der Waals surface area (Å²) in [6.45, 7) is 5.37. The minimum absolute atomic E-state index is 0.630. The van der Waals surface area contributed by atoms with Gasteiger partial charge in [0.2, 0.25) is 0 Å². The third-order valence-electron chi connectivity index (χ3n) is 5.62. The Morgan fingerprint density at radius 1 is 1.07 bits per heavy atom. The Morgan fingerprint density at radius 2 is 1.87 bits per heavy atom. The highest BCUT2D eigenvalue weighted by Crippen LogP contribution is 2.26. The lowest BCUT2D eigenvalue weighted by molar-refractivity contribution is 0.0610. The topological polar surface area (TPSA) is 45.5 Å². The van der Waals surface area contributed by atoms with Crippen LogP contribution in [0.2, 0.25) is 0 Å². The maximum absolute atomic E-state index is 5.57. The van der Waals surface area contributed by atoms with Crippen molar-refractivity contribution >= 4 is 0 Å². The predicted molar refractivity (Wildman–Crippen MR) is 118 cm³/mol. The highest BCUT2D eigenvalue weighted by Gasteiger charge is 2.18. The number of methoxy groups -OCH3 is 1. The van der Waals surface area contributed by atoms with Gasteiger partial charge in [0.25, 0.3) is 0 Å². The fourth-order valence-electron chi connectivity index (χ4n) is 3.93. The molecule has 2 heterocycles. The van der Waals surface area contributed by atoms with Crippen LogP contribution in [0, 0.1) is 5.92 Å². The summed E-state index contributed by atoms with van der Waals surface area (Å²) in [5, 5.41) is 0. The van der Waals surface area contributed by atoms with E-state index < -0.39 is 0 Å². The highest BCUT2D eigenvalue weighted by molar-refractivity contribution is 5.61. The van der Waals surface area contributed by atoms with Crippen molar-refractivity contribution in [3.63, 3.8) is 0 Å². The van der Waals surface area contributed by atoms with E-state index in [2.05, 4.69) is 29.0 Å². The number of benzene rings is 2. The summed E-state index contributed by atoms with van der Waals surface area (Å²) in [5.74, 6) is 3.47. The summed E-state index contributed by atoms with van der Waals surface area (Å²) >= 11 is 0. The van der Waals surface area contributed by atoms with Crippen molar-refractivity contribution in [3.05, 3.63) is 66.1 Å². The fourth-order valence-corrected chi connectivity index (χ4v) is 3.93. The normalized spacial score (nSPS) is 14.6. The van der Waals surface area contributed by atoms with E-state index >= 15 is 0 Å². The Morgan fingerprint density at radius 3 is 2.60 bits per heavy atom. The summed E-state index contributed by atoms with van der Waals surface area (Å²) in [6, 6.07) is 16.4. The lowest BCUT2D eigenvalue weighted by atomic mass is 10.0. The zero-order valence-corrected chi connectivity index (χ0v) is 17.8. The average Bonchev–Trinajstić information content (AvgIpc) is 3.18. The zero-order valence-electron chi connectivity index (χ0n) is 17.8. The molecule has 0 bridgehead atoms. The van der Waals surface area contributed by atoms with Crippen molar-refractivity contribution in [2.75, 3.05) is 26.9 Å². The first kappa shape index (κ1) is 20.5. The Kier molecular flexibility index (Phi) is 6.70. The van der Waals surface area contributed by atoms with Crippen LogP contribution in [-0.4, -0.2) is 36.5 Å². The Labute approximate surface area is 178 Å². The van der Waals surface area contributed by atoms with Gasteiger partial charge in [-0.05, 0) is 55.5 Å². The van der Waals surface area contributed by atoms with Crippen LogP contribution in [0.4, 0.5) is 0 Å². The molecule has 5 nitrogen and oxygen atoms in total. The van der Waals surface area contributed by atoms with Crippen molar-refractivity contribution in [2.45, 2.75) is 32.7 Å². The number of ether oxygens (including phenoxy) is 3. The maximum Gasteiger partial charge on any atom is 0.119 e. The van der Waals surface area contributed by atoms with E-state index in [1.54, 1.807) is 7.11 Å². The van der Waals surface area contributed by atoms with Gasteiger partial charge in [-0.1, -0.05) is 24.3 Å². The first-order chi connectivity index (χ1) is 14.7. The molecule has 30 heavy (non-hydrogen) atoms. The van der Waals surface area contributed by atoms with Gasteiger partial charge in [-0.15, -0.1) is 0 Å². The average molecular weight is 407 g/mol. The molecule has 1 aliphatic heterocycles. The lowest BCUT2D eigenvalue weighted by Crippen LogP contribution is -2.21. The Balaban J connectivity index is 1.61. The van der Waals surface area contributed by atoms with Crippen LogP contribution >= 0.6 is 0 Å². The molecule has 158 valence electrons. The van der Waals surface area contributed by atoms with Crippen molar-refractivity contribution in [1.29, 1.82) is 0 Å². The molecule has 1 aliphatic rings. The zero-order chi connectivity index (χ0) is 20.8. The molecule has 0 saturated carbocycles. The van der Waals surface area contributed by atoms with Gasteiger partial charge < -0.3 is 18.8 Å². The molecule has 2 aromatic carbocycles. The Hall–Kier alpha value is -2.79. The molecule has 4 rings (SSSR count).